The Labute approximate surface area is 120 Å². The molecular weight excluding hydrogens is 248 g/mol. The average Bonchev–Trinajstić information content (AvgIpc) is 2.85. The molecule has 0 saturated heterocycles. The van der Waals surface area contributed by atoms with Crippen molar-refractivity contribution >= 4 is 0 Å². The maximum atomic E-state index is 10.6. The van der Waals surface area contributed by atoms with Crippen molar-refractivity contribution in [1.82, 2.24) is 9.55 Å². The van der Waals surface area contributed by atoms with Gasteiger partial charge in [-0.15, -0.1) is 0 Å². The van der Waals surface area contributed by atoms with Crippen LogP contribution in [0.5, 0.6) is 0 Å². The number of aliphatic hydroxyl groups is 1. The number of benzene rings is 1. The van der Waals surface area contributed by atoms with Gasteiger partial charge < -0.3 is 9.67 Å². The van der Waals surface area contributed by atoms with E-state index >= 15 is 0 Å². The lowest BCUT2D eigenvalue weighted by atomic mass is 9.99. The summed E-state index contributed by atoms with van der Waals surface area (Å²) in [6, 6.07) is 6.26. The highest BCUT2D eigenvalue weighted by atomic mass is 16.3. The molecule has 1 unspecified atom stereocenters. The van der Waals surface area contributed by atoms with Gasteiger partial charge in [-0.3, -0.25) is 0 Å². The van der Waals surface area contributed by atoms with Crippen molar-refractivity contribution in [2.24, 2.45) is 0 Å². The van der Waals surface area contributed by atoms with Crippen LogP contribution >= 0.6 is 0 Å². The fourth-order valence-electron chi connectivity index (χ4n) is 3.09. The number of rotatable bonds is 3. The van der Waals surface area contributed by atoms with Crippen LogP contribution in [0.15, 0.2) is 24.5 Å². The number of hydrogen-bond acceptors (Lipinski definition) is 2. The second kappa shape index (κ2) is 5.41. The first-order valence-corrected chi connectivity index (χ1v) is 7.43. The summed E-state index contributed by atoms with van der Waals surface area (Å²) in [7, 11) is 0. The molecule has 0 saturated carbocycles. The molecule has 106 valence electrons. The molecule has 3 heteroatoms. The van der Waals surface area contributed by atoms with Crippen molar-refractivity contribution in [2.75, 3.05) is 0 Å². The molecule has 1 N–H and O–H groups in total. The molecule has 0 bridgehead atoms. The quantitative estimate of drug-likeness (QED) is 0.930. The first kappa shape index (κ1) is 13.4. The van der Waals surface area contributed by atoms with E-state index in [1.165, 1.54) is 29.8 Å². The zero-order valence-corrected chi connectivity index (χ0v) is 12.3. The van der Waals surface area contributed by atoms with Gasteiger partial charge in [0.25, 0.3) is 0 Å². The molecule has 1 atom stereocenters. The Morgan fingerprint density at radius 3 is 2.90 bits per heavy atom. The predicted octanol–water partition coefficient (Wildman–Crippen LogP) is 3.11. The van der Waals surface area contributed by atoms with Gasteiger partial charge in [0.15, 0.2) is 0 Å². The van der Waals surface area contributed by atoms with Crippen molar-refractivity contribution in [3.8, 4) is 0 Å². The van der Waals surface area contributed by atoms with Crippen LogP contribution in [-0.4, -0.2) is 14.7 Å². The first-order chi connectivity index (χ1) is 9.65. The minimum Gasteiger partial charge on any atom is -0.387 e. The zero-order valence-electron chi connectivity index (χ0n) is 12.3. The van der Waals surface area contributed by atoms with Gasteiger partial charge in [-0.05, 0) is 50.7 Å². The normalized spacial score (nSPS) is 15.9. The molecule has 0 radical (unpaired) electrons. The van der Waals surface area contributed by atoms with E-state index in [-0.39, 0.29) is 0 Å². The molecule has 1 aliphatic rings. The van der Waals surface area contributed by atoms with Crippen LogP contribution in [0.2, 0.25) is 0 Å². The van der Waals surface area contributed by atoms with E-state index in [9.17, 15) is 5.11 Å². The van der Waals surface area contributed by atoms with Crippen molar-refractivity contribution < 1.29 is 5.11 Å². The molecular formula is C17H22N2O. The predicted molar refractivity (Wildman–Crippen MR) is 79.7 cm³/mol. The Kier molecular flexibility index (Phi) is 3.62. The van der Waals surface area contributed by atoms with Crippen LogP contribution in [0.25, 0.3) is 0 Å². The summed E-state index contributed by atoms with van der Waals surface area (Å²) in [6.07, 6.45) is 6.08. The molecule has 0 amide bonds. The van der Waals surface area contributed by atoms with E-state index in [4.69, 9.17) is 0 Å². The van der Waals surface area contributed by atoms with Crippen LogP contribution in [-0.2, 0) is 19.4 Å². The molecule has 3 nitrogen and oxygen atoms in total. The summed E-state index contributed by atoms with van der Waals surface area (Å²) in [4.78, 5) is 4.50. The molecule has 1 aromatic heterocycles. The first-order valence-electron chi connectivity index (χ1n) is 7.43. The minimum atomic E-state index is -0.463. The maximum Gasteiger partial charge on any atom is 0.0972 e. The Morgan fingerprint density at radius 1 is 1.25 bits per heavy atom. The van der Waals surface area contributed by atoms with E-state index < -0.39 is 6.10 Å². The topological polar surface area (TPSA) is 38.0 Å². The number of aliphatic hydroxyl groups excluding tert-OH is 1. The third-order valence-electron chi connectivity index (χ3n) is 4.27. The lowest BCUT2D eigenvalue weighted by molar-refractivity contribution is 0.154. The molecule has 1 aliphatic carbocycles. The highest BCUT2D eigenvalue weighted by molar-refractivity contribution is 5.32. The Hall–Kier alpha value is -1.61. The molecule has 2 aromatic rings. The van der Waals surface area contributed by atoms with E-state index in [0.717, 1.165) is 24.0 Å². The molecule has 1 aromatic carbocycles. The van der Waals surface area contributed by atoms with Crippen molar-refractivity contribution in [2.45, 2.75) is 52.2 Å². The summed E-state index contributed by atoms with van der Waals surface area (Å²) in [5.41, 5.74) is 5.92. The van der Waals surface area contributed by atoms with E-state index in [2.05, 4.69) is 41.6 Å². The van der Waals surface area contributed by atoms with Crippen LogP contribution in [0, 0.1) is 13.8 Å². The highest BCUT2D eigenvalue weighted by Gasteiger charge is 2.18. The minimum absolute atomic E-state index is 0.463. The third-order valence-corrected chi connectivity index (χ3v) is 4.27. The zero-order chi connectivity index (χ0) is 14.1. The van der Waals surface area contributed by atoms with Crippen molar-refractivity contribution in [1.29, 1.82) is 0 Å². The molecule has 20 heavy (non-hydrogen) atoms. The van der Waals surface area contributed by atoms with Gasteiger partial charge in [0, 0.05) is 5.69 Å². The van der Waals surface area contributed by atoms with Gasteiger partial charge in [0.2, 0.25) is 0 Å². The van der Waals surface area contributed by atoms with Gasteiger partial charge in [-0.25, -0.2) is 4.98 Å². The van der Waals surface area contributed by atoms with Crippen LogP contribution in [0.4, 0.5) is 0 Å². The average molecular weight is 270 g/mol. The van der Waals surface area contributed by atoms with Gasteiger partial charge in [-0.2, -0.15) is 0 Å². The Morgan fingerprint density at radius 2 is 2.05 bits per heavy atom. The largest absolute Gasteiger partial charge is 0.387 e. The van der Waals surface area contributed by atoms with Gasteiger partial charge in [0.05, 0.1) is 24.7 Å². The van der Waals surface area contributed by atoms with Gasteiger partial charge >= 0.3 is 0 Å². The second-order valence-corrected chi connectivity index (χ2v) is 5.87. The summed E-state index contributed by atoms with van der Waals surface area (Å²) < 4.78 is 2.14. The van der Waals surface area contributed by atoms with E-state index in [0.29, 0.717) is 6.54 Å². The summed E-state index contributed by atoms with van der Waals surface area (Å²) >= 11 is 0. The SMILES string of the molecule is Cc1ccc(C)c(C(O)Cn2cnc3c2CCCC3)c1. The highest BCUT2D eigenvalue weighted by Crippen LogP contribution is 2.24. The molecule has 0 spiro atoms. The summed E-state index contributed by atoms with van der Waals surface area (Å²) in [5.74, 6) is 0. The summed E-state index contributed by atoms with van der Waals surface area (Å²) in [5, 5.41) is 10.6. The standard InChI is InChI=1S/C17H22N2O/c1-12-7-8-13(2)14(9-12)17(20)10-19-11-18-15-5-3-4-6-16(15)19/h7-9,11,17,20H,3-6,10H2,1-2H3. The number of nitrogens with zero attached hydrogens (tertiary/aromatic N) is 2. The number of aromatic nitrogens is 2. The second-order valence-electron chi connectivity index (χ2n) is 5.87. The maximum absolute atomic E-state index is 10.6. The smallest absolute Gasteiger partial charge is 0.0972 e. The lowest BCUT2D eigenvalue weighted by Crippen LogP contribution is -2.14. The van der Waals surface area contributed by atoms with Crippen molar-refractivity contribution in [3.05, 3.63) is 52.6 Å². The van der Waals surface area contributed by atoms with Gasteiger partial charge in [0.1, 0.15) is 0 Å². The van der Waals surface area contributed by atoms with Crippen molar-refractivity contribution in [3.63, 3.8) is 0 Å². The van der Waals surface area contributed by atoms with Crippen LogP contribution in [0.3, 0.4) is 0 Å². The molecule has 0 aliphatic heterocycles. The number of aryl methyl sites for hydroxylation is 3. The number of imidazole rings is 1. The number of hydrogen-bond donors (Lipinski definition) is 1. The third kappa shape index (κ3) is 2.50. The Bertz CT molecular complexity index is 615. The van der Waals surface area contributed by atoms with Crippen LogP contribution < -0.4 is 0 Å². The lowest BCUT2D eigenvalue weighted by Gasteiger charge is -2.18. The number of fused-ring (bicyclic) bond motifs is 1. The van der Waals surface area contributed by atoms with Crippen LogP contribution in [0.1, 0.15) is 47.0 Å². The fraction of sp³-hybridized carbons (Fsp3) is 0.471. The fourth-order valence-corrected chi connectivity index (χ4v) is 3.09. The van der Waals surface area contributed by atoms with Gasteiger partial charge in [-0.1, -0.05) is 23.8 Å². The van der Waals surface area contributed by atoms with E-state index in [1.807, 2.05) is 6.33 Å². The van der Waals surface area contributed by atoms with E-state index in [1.54, 1.807) is 0 Å². The monoisotopic (exact) mass is 270 g/mol. The summed E-state index contributed by atoms with van der Waals surface area (Å²) in [6.45, 7) is 4.72. The molecule has 0 fully saturated rings. The molecule has 3 rings (SSSR count). The molecule has 1 heterocycles. The Balaban J connectivity index is 1.84.